The van der Waals surface area contributed by atoms with E-state index in [1.165, 1.54) is 0 Å². The second-order valence-electron chi connectivity index (χ2n) is 5.17. The predicted molar refractivity (Wildman–Crippen MR) is 89.8 cm³/mol. The third kappa shape index (κ3) is 3.54. The summed E-state index contributed by atoms with van der Waals surface area (Å²) in [5, 5.41) is 3.61. The van der Waals surface area contributed by atoms with Crippen LogP contribution in [0.15, 0.2) is 28.4 Å². The van der Waals surface area contributed by atoms with Gasteiger partial charge in [0.2, 0.25) is 0 Å². The molecule has 0 atom stereocenters. The Morgan fingerprint density at radius 2 is 2.09 bits per heavy atom. The molecule has 3 aromatic rings. The van der Waals surface area contributed by atoms with Gasteiger partial charge in [0.05, 0.1) is 11.4 Å². The van der Waals surface area contributed by atoms with Crippen LogP contribution in [0.1, 0.15) is 31.0 Å². The Morgan fingerprint density at radius 3 is 2.73 bits per heavy atom. The summed E-state index contributed by atoms with van der Waals surface area (Å²) in [5.74, 6) is 0.391. The molecule has 0 aliphatic rings. The van der Waals surface area contributed by atoms with E-state index in [2.05, 4.69) is 29.9 Å². The van der Waals surface area contributed by atoms with Crippen LogP contribution >= 0.6 is 11.3 Å². The van der Waals surface area contributed by atoms with Crippen molar-refractivity contribution < 1.29 is 31.1 Å². The average Bonchev–Trinajstić information content (AvgIpc) is 2.89. The van der Waals surface area contributed by atoms with E-state index in [1.807, 2.05) is 12.3 Å². The Bertz CT molecular complexity index is 836. The first-order valence-electron chi connectivity index (χ1n) is 6.56. The van der Waals surface area contributed by atoms with E-state index in [9.17, 15) is 4.79 Å². The molecule has 0 radical (unpaired) electrons. The maximum absolute atomic E-state index is 12.2. The van der Waals surface area contributed by atoms with Gasteiger partial charge in [-0.15, -0.1) is 16.9 Å². The number of benzene rings is 1. The van der Waals surface area contributed by atoms with Gasteiger partial charge in [-0.1, -0.05) is 31.7 Å². The molecule has 22 heavy (non-hydrogen) atoms. The molecular weight excluding hydrogens is 518 g/mol. The van der Waals surface area contributed by atoms with Crippen molar-refractivity contribution in [1.82, 2.24) is 9.97 Å². The molecule has 1 N–H and O–H groups in total. The molecule has 2 heterocycles. The number of nitrogens with one attached hydrogen (secondary N) is 1. The van der Waals surface area contributed by atoms with Gasteiger partial charge in [0.1, 0.15) is 5.01 Å². The molecule has 1 aromatic carbocycles. The first-order chi connectivity index (χ1) is 9.56. The van der Waals surface area contributed by atoms with E-state index in [4.69, 9.17) is 0 Å². The van der Waals surface area contributed by atoms with Crippen LogP contribution in [-0.2, 0) is 0 Å². The van der Waals surface area contributed by atoms with Gasteiger partial charge in [0, 0.05) is 11.4 Å². The quantitative estimate of drug-likeness (QED) is 0.496. The molecule has 112 valence electrons. The second kappa shape index (κ2) is 7.59. The smallest absolute Gasteiger partial charge is 0.405 e. The molecule has 0 spiro atoms. The second-order valence-corrected chi connectivity index (χ2v) is 6.03. The fraction of sp³-hybridized carbons (Fsp3) is 0.235. The van der Waals surface area contributed by atoms with Crippen LogP contribution in [-0.4, -0.2) is 9.97 Å². The zero-order chi connectivity index (χ0) is 14.3. The Morgan fingerprint density at radius 1 is 1.36 bits per heavy atom. The summed E-state index contributed by atoms with van der Waals surface area (Å²) in [7, 11) is 0. The Hall–Kier alpha value is -0.888. The first-order valence-corrected chi connectivity index (χ1v) is 7.44. The first kappa shape index (κ1) is 19.2. The van der Waals surface area contributed by atoms with Crippen molar-refractivity contribution in [1.29, 1.82) is 0 Å². The number of thiazole rings is 1. The molecule has 5 heteroatoms. The fourth-order valence-corrected chi connectivity index (χ4v) is 3.10. The van der Waals surface area contributed by atoms with Crippen LogP contribution < -0.4 is 5.43 Å². The molecule has 0 aliphatic carbocycles. The summed E-state index contributed by atoms with van der Waals surface area (Å²) in [6.45, 7) is 6.17. The standard InChI is InChI=1S/C16H15N2OS.CH3.U/c1-9(2)13-8-20-16(18-13)12-7-14(19)11-6-4-5-10(3)15(11)17-12;;/h4,6-9H,1-3H3,(H,17,19);1H3;/q2*-1;+2. The number of nitrogens with zero attached hydrogens (tertiary/aromatic N) is 1. The Labute approximate surface area is 158 Å². The third-order valence-corrected chi connectivity index (χ3v) is 4.23. The molecule has 2 aromatic heterocycles. The van der Waals surface area contributed by atoms with Gasteiger partial charge in [-0.05, 0) is 5.92 Å². The summed E-state index contributed by atoms with van der Waals surface area (Å²) >= 11 is 1.56. The topological polar surface area (TPSA) is 45.8 Å². The zero-order valence-corrected chi connectivity index (χ0v) is 18.1. The van der Waals surface area contributed by atoms with Gasteiger partial charge in [0.15, 0.2) is 5.43 Å². The van der Waals surface area contributed by atoms with E-state index in [1.54, 1.807) is 29.5 Å². The van der Waals surface area contributed by atoms with Crippen molar-refractivity contribution in [3.63, 3.8) is 0 Å². The van der Waals surface area contributed by atoms with E-state index in [0.29, 0.717) is 11.3 Å². The van der Waals surface area contributed by atoms with Crippen LogP contribution in [0.5, 0.6) is 0 Å². The number of hydrogen-bond acceptors (Lipinski definition) is 3. The van der Waals surface area contributed by atoms with Crippen molar-refractivity contribution in [2.24, 2.45) is 0 Å². The third-order valence-electron chi connectivity index (χ3n) is 3.34. The van der Waals surface area contributed by atoms with Crippen molar-refractivity contribution in [3.05, 3.63) is 58.6 Å². The van der Waals surface area contributed by atoms with Crippen LogP contribution in [0.25, 0.3) is 21.6 Å². The molecule has 0 aliphatic heterocycles. The molecule has 0 amide bonds. The van der Waals surface area contributed by atoms with Crippen LogP contribution in [0.4, 0.5) is 0 Å². The largest absolute Gasteiger partial charge is 2.00 e. The molecule has 0 unspecified atom stereocenters. The summed E-state index contributed by atoms with van der Waals surface area (Å²) in [6.07, 6.45) is 0. The summed E-state index contributed by atoms with van der Waals surface area (Å²) in [5.41, 5.74) is 3.65. The number of pyridine rings is 1. The van der Waals surface area contributed by atoms with E-state index < -0.39 is 0 Å². The maximum Gasteiger partial charge on any atom is 2.00 e. The van der Waals surface area contributed by atoms with Crippen LogP contribution in [0.2, 0.25) is 0 Å². The maximum atomic E-state index is 12.2. The normalized spacial score (nSPS) is 10.4. The van der Waals surface area contributed by atoms with Gasteiger partial charge in [-0.25, -0.2) is 4.98 Å². The van der Waals surface area contributed by atoms with Crippen molar-refractivity contribution >= 4 is 22.2 Å². The molecule has 3 nitrogen and oxygen atoms in total. The van der Waals surface area contributed by atoms with Crippen molar-refractivity contribution in [2.75, 3.05) is 0 Å². The van der Waals surface area contributed by atoms with E-state index in [-0.39, 0.29) is 44.0 Å². The number of fused-ring (bicyclic) bond motifs is 1. The molecule has 3 rings (SSSR count). The summed E-state index contributed by atoms with van der Waals surface area (Å²) in [4.78, 5) is 20.1. The molecule has 0 bridgehead atoms. The summed E-state index contributed by atoms with van der Waals surface area (Å²) in [6, 6.07) is 8.33. The van der Waals surface area contributed by atoms with Gasteiger partial charge in [0.25, 0.3) is 0 Å². The number of H-pyrrole nitrogens is 1. The van der Waals surface area contributed by atoms with Gasteiger partial charge in [-0.3, -0.25) is 4.79 Å². The van der Waals surface area contributed by atoms with Crippen molar-refractivity contribution in [3.8, 4) is 10.7 Å². The fourth-order valence-electron chi connectivity index (χ4n) is 2.14. The van der Waals surface area contributed by atoms with Crippen LogP contribution in [0, 0.1) is 51.5 Å². The van der Waals surface area contributed by atoms with E-state index in [0.717, 1.165) is 27.5 Å². The number of hydrogen-bond donors (Lipinski definition) is 1. The Balaban J connectivity index is 0.00000121. The molecule has 0 saturated heterocycles. The van der Waals surface area contributed by atoms with E-state index >= 15 is 0 Å². The zero-order valence-electron chi connectivity index (χ0n) is 13.2. The van der Waals surface area contributed by atoms with Gasteiger partial charge in [-0.2, -0.15) is 18.2 Å². The number of aryl methyl sites for hydroxylation is 1. The summed E-state index contributed by atoms with van der Waals surface area (Å²) < 4.78 is 0. The Kier molecular flexibility index (Phi) is 6.61. The van der Waals surface area contributed by atoms with Crippen LogP contribution in [0.3, 0.4) is 0 Å². The minimum Gasteiger partial charge on any atom is -0.405 e. The number of aromatic amines is 1. The minimum atomic E-state index is 0. The minimum absolute atomic E-state index is 0. The monoisotopic (exact) mass is 536 g/mol. The molecule has 0 fully saturated rings. The molecular formula is C17H18N2OSU. The number of aromatic nitrogens is 2. The SMILES string of the molecule is Cc1[c-]ccc2c(=O)cc(-c3nc(C(C)C)cs3)[nH]c12.[CH3-].[U+2]. The predicted octanol–water partition coefficient (Wildman–Crippen LogP) is 4.33. The van der Waals surface area contributed by atoms with Crippen molar-refractivity contribution in [2.45, 2.75) is 26.7 Å². The van der Waals surface area contributed by atoms with Gasteiger partial charge >= 0.3 is 31.1 Å². The number of rotatable bonds is 2. The average molecular weight is 536 g/mol. The molecule has 0 saturated carbocycles. The van der Waals surface area contributed by atoms with Gasteiger partial charge < -0.3 is 12.4 Å².